The zero-order valence-electron chi connectivity index (χ0n) is 33.7. The Bertz CT molecular complexity index is 3210. The predicted octanol–water partition coefficient (Wildman–Crippen LogP) is 14.8. The second kappa shape index (κ2) is 16.2. The van der Waals surface area contributed by atoms with E-state index in [0.29, 0.717) is 0 Å². The van der Waals surface area contributed by atoms with Crippen LogP contribution < -0.4 is 0 Å². The van der Waals surface area contributed by atoms with Gasteiger partial charge in [-0.1, -0.05) is 111 Å². The number of pyridine rings is 1. The van der Waals surface area contributed by atoms with Crippen LogP contribution in [0.4, 0.5) is 0 Å². The Morgan fingerprint density at radius 1 is 0.550 bits per heavy atom. The normalized spacial score (nSPS) is 11.5. The van der Waals surface area contributed by atoms with Crippen molar-refractivity contribution in [3.63, 3.8) is 0 Å². The molecule has 1 radical (unpaired) electrons. The molecule has 5 nitrogen and oxygen atoms in total. The Hall–Kier alpha value is -6.59. The Labute approximate surface area is 362 Å². The Kier molecular flexibility index (Phi) is 10.5. The summed E-state index contributed by atoms with van der Waals surface area (Å²) in [5.41, 5.74) is 14.3. The number of imidazole rings is 1. The molecule has 0 aliphatic heterocycles. The van der Waals surface area contributed by atoms with E-state index in [4.69, 9.17) is 13.8 Å². The summed E-state index contributed by atoms with van der Waals surface area (Å²) < 4.78 is 15.3. The van der Waals surface area contributed by atoms with Crippen molar-refractivity contribution in [3.8, 4) is 39.5 Å². The Balaban J connectivity index is 0.000000306. The van der Waals surface area contributed by atoms with Crippen molar-refractivity contribution in [3.05, 3.63) is 187 Å². The zero-order chi connectivity index (χ0) is 40.0. The molecule has 6 heteroatoms. The van der Waals surface area contributed by atoms with E-state index in [9.17, 15) is 0 Å². The first-order valence-electron chi connectivity index (χ1n) is 20.2. The quantitative estimate of drug-likeness (QED) is 0.156. The van der Waals surface area contributed by atoms with Crippen LogP contribution in [0.5, 0.6) is 0 Å². The van der Waals surface area contributed by atoms with E-state index in [1.165, 1.54) is 27.9 Å². The molecule has 0 bridgehead atoms. The van der Waals surface area contributed by atoms with Gasteiger partial charge < -0.3 is 18.4 Å². The third-order valence-electron chi connectivity index (χ3n) is 11.1. The van der Waals surface area contributed by atoms with Crippen molar-refractivity contribution < 1.29 is 28.9 Å². The van der Waals surface area contributed by atoms with Gasteiger partial charge in [-0.25, -0.2) is 0 Å². The van der Waals surface area contributed by atoms with Crippen molar-refractivity contribution in [2.45, 2.75) is 39.5 Å². The Morgan fingerprint density at radius 3 is 2.00 bits per heavy atom. The van der Waals surface area contributed by atoms with Gasteiger partial charge in [-0.15, -0.1) is 54.1 Å². The molecule has 0 fully saturated rings. The van der Waals surface area contributed by atoms with Crippen LogP contribution >= 0.6 is 0 Å². The van der Waals surface area contributed by atoms with Crippen molar-refractivity contribution >= 4 is 54.9 Å². The summed E-state index contributed by atoms with van der Waals surface area (Å²) >= 11 is 0. The second-order valence-corrected chi connectivity index (χ2v) is 15.6. The van der Waals surface area contributed by atoms with Gasteiger partial charge in [-0.05, 0) is 82.2 Å². The summed E-state index contributed by atoms with van der Waals surface area (Å²) in [5.74, 6) is 1.37. The molecular formula is C54H41IrN3O2-2. The number of rotatable bonds is 6. The van der Waals surface area contributed by atoms with Crippen LogP contribution in [0.2, 0.25) is 0 Å². The van der Waals surface area contributed by atoms with Gasteiger partial charge in [0, 0.05) is 54.2 Å². The topological polar surface area (TPSA) is 57.0 Å². The van der Waals surface area contributed by atoms with Gasteiger partial charge in [-0.2, -0.15) is 0 Å². The fourth-order valence-electron chi connectivity index (χ4n) is 8.24. The Morgan fingerprint density at radius 2 is 1.25 bits per heavy atom. The first kappa shape index (κ1) is 38.9. The van der Waals surface area contributed by atoms with E-state index in [1.54, 1.807) is 6.20 Å². The first-order chi connectivity index (χ1) is 28.9. The molecule has 295 valence electrons. The summed E-state index contributed by atoms with van der Waals surface area (Å²) in [7, 11) is 0. The van der Waals surface area contributed by atoms with E-state index >= 15 is 0 Å². The minimum Gasteiger partial charge on any atom is -0.500 e. The zero-order valence-corrected chi connectivity index (χ0v) is 36.1. The minimum absolute atomic E-state index is 0. The van der Waals surface area contributed by atoms with Crippen LogP contribution in [-0.4, -0.2) is 14.5 Å². The first-order valence-corrected chi connectivity index (χ1v) is 20.2. The van der Waals surface area contributed by atoms with E-state index in [-0.39, 0.29) is 31.9 Å². The van der Waals surface area contributed by atoms with E-state index in [1.807, 2.05) is 66.7 Å². The molecular weight excluding hydrogens is 915 g/mol. The third kappa shape index (κ3) is 6.92. The molecule has 7 aromatic carbocycles. The van der Waals surface area contributed by atoms with E-state index in [2.05, 4.69) is 140 Å². The largest absolute Gasteiger partial charge is 0.500 e. The molecule has 0 aliphatic carbocycles. The minimum atomic E-state index is 0. The maximum atomic E-state index is 6.72. The van der Waals surface area contributed by atoms with Crippen LogP contribution in [0.3, 0.4) is 0 Å². The molecule has 0 spiro atoms. The molecule has 0 unspecified atom stereocenters. The summed E-state index contributed by atoms with van der Waals surface area (Å²) in [6, 6.07) is 60.7. The van der Waals surface area contributed by atoms with Crippen molar-refractivity contribution in [2.75, 3.05) is 0 Å². The van der Waals surface area contributed by atoms with Gasteiger partial charge in [0.2, 0.25) is 0 Å². The fourth-order valence-corrected chi connectivity index (χ4v) is 8.24. The van der Waals surface area contributed by atoms with Gasteiger partial charge in [0.05, 0.1) is 22.4 Å². The molecule has 0 N–H and O–H groups in total. The number of nitrogens with zero attached hydrogens (tertiary/aromatic N) is 3. The van der Waals surface area contributed by atoms with Gasteiger partial charge in [-0.3, -0.25) is 4.98 Å². The summed E-state index contributed by atoms with van der Waals surface area (Å²) in [6.45, 7) is 9.12. The van der Waals surface area contributed by atoms with Crippen molar-refractivity contribution in [1.82, 2.24) is 14.5 Å². The van der Waals surface area contributed by atoms with Crippen molar-refractivity contribution in [1.29, 1.82) is 0 Å². The average Bonchev–Trinajstić information content (AvgIpc) is 3.97. The number of fused-ring (bicyclic) bond motifs is 7. The fraction of sp³-hybridized carbons (Fsp3) is 0.111. The van der Waals surface area contributed by atoms with Crippen LogP contribution in [0.1, 0.15) is 50.7 Å². The predicted molar refractivity (Wildman–Crippen MR) is 242 cm³/mol. The molecule has 4 aromatic heterocycles. The smallest absolute Gasteiger partial charge is 0.139 e. The third-order valence-corrected chi connectivity index (χ3v) is 11.1. The molecule has 60 heavy (non-hydrogen) atoms. The van der Waals surface area contributed by atoms with Crippen LogP contribution in [0, 0.1) is 12.1 Å². The maximum absolute atomic E-state index is 6.72. The van der Waals surface area contributed by atoms with Crippen molar-refractivity contribution in [2.24, 2.45) is 0 Å². The molecule has 0 aliphatic rings. The van der Waals surface area contributed by atoms with Gasteiger partial charge in [0.1, 0.15) is 16.7 Å². The van der Waals surface area contributed by atoms with E-state index in [0.717, 1.165) is 77.6 Å². The van der Waals surface area contributed by atoms with Crippen LogP contribution in [0.15, 0.2) is 173 Å². The average molecular weight is 956 g/mol. The maximum Gasteiger partial charge on any atom is 0.139 e. The second-order valence-electron chi connectivity index (χ2n) is 15.6. The molecule has 0 atom stereocenters. The number of aromatic nitrogens is 3. The summed E-state index contributed by atoms with van der Waals surface area (Å²) in [6.07, 6.45) is 1.79. The number of furan rings is 2. The number of benzene rings is 7. The number of para-hydroxylation sites is 3. The molecule has 11 aromatic rings. The summed E-state index contributed by atoms with van der Waals surface area (Å²) in [4.78, 5) is 9.52. The number of hydrogen-bond acceptors (Lipinski definition) is 4. The van der Waals surface area contributed by atoms with E-state index < -0.39 is 0 Å². The van der Waals surface area contributed by atoms with Gasteiger partial charge in [0.15, 0.2) is 0 Å². The SMILES string of the molecule is CC(C)c1cc(-c2ccccc2)cc(C(C)C)c1-n1c(-c2[c-]ccc3c2oc2cc4oc5ccccc5c4cc23)nc2ccccc21.[Ir].[c-]1ccccc1-c1ccccn1. The van der Waals surface area contributed by atoms with Gasteiger partial charge >= 0.3 is 0 Å². The molecule has 4 heterocycles. The van der Waals surface area contributed by atoms with Gasteiger partial charge in [0.25, 0.3) is 0 Å². The molecule has 0 saturated heterocycles. The van der Waals surface area contributed by atoms with Crippen LogP contribution in [0.25, 0.3) is 94.4 Å². The molecule has 0 saturated carbocycles. The monoisotopic (exact) mass is 956 g/mol. The molecule has 0 amide bonds. The standard InChI is InChI=1S/C43H33N2O2.C11H8N.Ir/c1-25(2)32-21-28(27-13-6-5-7-14-27)22-33(26(3)4)41(32)45-37-19-10-9-18-36(37)44-43(45)31-17-12-16-30-35-23-34-29-15-8-11-20-38(29)46-39(34)24-40(35)47-42(30)31;1-2-6-10(7-3-1)11-8-4-5-9-12-11;/h5-16,18-26H,1-4H3;1-6,8-9H;/q2*-1;. The molecule has 11 rings (SSSR count). The van der Waals surface area contributed by atoms with Crippen LogP contribution in [-0.2, 0) is 20.1 Å². The number of hydrogen-bond donors (Lipinski definition) is 0. The summed E-state index contributed by atoms with van der Waals surface area (Å²) in [5, 5.41) is 4.27.